The zero-order chi connectivity index (χ0) is 30.3. The Balaban J connectivity index is 1.57. The molecule has 4 rings (SSSR count). The van der Waals surface area contributed by atoms with Gasteiger partial charge in [-0.2, -0.15) is 0 Å². The molecular weight excluding hydrogens is 534 g/mol. The number of ether oxygens (including phenoxy) is 1. The lowest BCUT2D eigenvalue weighted by molar-refractivity contribution is -0.145. The smallest absolute Gasteiger partial charge is 0.408 e. The first kappa shape index (κ1) is 31.1. The van der Waals surface area contributed by atoms with Gasteiger partial charge in [-0.3, -0.25) is 9.59 Å². The van der Waals surface area contributed by atoms with Crippen molar-refractivity contribution < 1.29 is 29.0 Å². The molecule has 1 saturated carbocycles. The summed E-state index contributed by atoms with van der Waals surface area (Å²) in [7, 11) is 0. The van der Waals surface area contributed by atoms with E-state index in [1.807, 2.05) is 60.7 Å². The van der Waals surface area contributed by atoms with Gasteiger partial charge >= 0.3 is 12.1 Å². The van der Waals surface area contributed by atoms with Gasteiger partial charge in [-0.1, -0.05) is 79.9 Å². The highest BCUT2D eigenvalue weighted by molar-refractivity contribution is 5.94. The predicted molar refractivity (Wildman–Crippen MR) is 159 cm³/mol. The minimum atomic E-state index is -1.26. The van der Waals surface area contributed by atoms with Crippen LogP contribution in [0, 0.1) is 5.92 Å². The van der Waals surface area contributed by atoms with Crippen molar-refractivity contribution in [2.75, 3.05) is 6.54 Å². The van der Waals surface area contributed by atoms with Crippen molar-refractivity contribution in [3.63, 3.8) is 0 Å². The average Bonchev–Trinajstić information content (AvgIpc) is 3.46. The molecule has 2 aromatic rings. The standard InChI is InChI=1S/C33H43N3O6/c1-33(2,3)42-32(41)35-27(24-18-11-6-12-19-24)30(38)36-21-13-20-25(36)29(37)34-28(31(39)40)26(22-14-7-4-8-15-22)23-16-9-5-10-17-23/h4-5,7-10,14-17,24-28H,6,11-13,18-21H2,1-3H3,(H,34,37)(H,35,41)(H,39,40). The molecule has 2 fully saturated rings. The molecule has 9 nitrogen and oxygen atoms in total. The number of nitrogens with zero attached hydrogens (tertiary/aromatic N) is 1. The van der Waals surface area contributed by atoms with Crippen molar-refractivity contribution in [3.05, 3.63) is 71.8 Å². The van der Waals surface area contributed by atoms with E-state index in [2.05, 4.69) is 10.6 Å². The average molecular weight is 578 g/mol. The summed E-state index contributed by atoms with van der Waals surface area (Å²) < 4.78 is 5.47. The molecule has 2 aromatic carbocycles. The lowest BCUT2D eigenvalue weighted by atomic mass is 9.83. The maximum atomic E-state index is 14.0. The highest BCUT2D eigenvalue weighted by Gasteiger charge is 2.43. The van der Waals surface area contributed by atoms with Crippen LogP contribution in [0.4, 0.5) is 4.79 Å². The van der Waals surface area contributed by atoms with Crippen molar-refractivity contribution in [1.29, 1.82) is 0 Å². The van der Waals surface area contributed by atoms with Gasteiger partial charge in [0.15, 0.2) is 0 Å². The van der Waals surface area contributed by atoms with Crippen molar-refractivity contribution >= 4 is 23.9 Å². The van der Waals surface area contributed by atoms with Crippen LogP contribution in [0.5, 0.6) is 0 Å². The van der Waals surface area contributed by atoms with E-state index in [0.717, 1.165) is 43.2 Å². The predicted octanol–water partition coefficient (Wildman–Crippen LogP) is 4.85. The van der Waals surface area contributed by atoms with E-state index in [4.69, 9.17) is 4.74 Å². The summed E-state index contributed by atoms with van der Waals surface area (Å²) in [6.45, 7) is 5.65. The highest BCUT2D eigenvalue weighted by atomic mass is 16.6. The number of nitrogens with one attached hydrogen (secondary N) is 2. The molecule has 2 aliphatic rings. The lowest BCUT2D eigenvalue weighted by Gasteiger charge is -2.35. The number of likely N-dealkylation sites (tertiary alicyclic amines) is 1. The minimum Gasteiger partial charge on any atom is -0.480 e. The van der Waals surface area contributed by atoms with Crippen LogP contribution in [-0.2, 0) is 19.1 Å². The molecule has 9 heteroatoms. The van der Waals surface area contributed by atoms with Crippen molar-refractivity contribution in [1.82, 2.24) is 15.5 Å². The number of carboxylic acids is 1. The van der Waals surface area contributed by atoms with Crippen LogP contribution < -0.4 is 10.6 Å². The first-order valence-electron chi connectivity index (χ1n) is 15.0. The molecule has 1 heterocycles. The topological polar surface area (TPSA) is 125 Å². The molecule has 1 saturated heterocycles. The van der Waals surface area contributed by atoms with E-state index in [-0.39, 0.29) is 11.8 Å². The first-order valence-corrected chi connectivity index (χ1v) is 15.0. The second-order valence-electron chi connectivity index (χ2n) is 12.3. The van der Waals surface area contributed by atoms with Gasteiger partial charge in [-0.15, -0.1) is 0 Å². The highest BCUT2D eigenvalue weighted by Crippen LogP contribution is 2.31. The number of alkyl carbamates (subject to hydrolysis) is 1. The van der Waals surface area contributed by atoms with Crippen molar-refractivity contribution in [2.45, 2.75) is 95.4 Å². The van der Waals surface area contributed by atoms with E-state index in [0.29, 0.717) is 19.4 Å². The molecular formula is C33H43N3O6. The number of carbonyl (C=O) groups excluding carboxylic acids is 3. The number of benzene rings is 2. The fourth-order valence-corrected chi connectivity index (χ4v) is 6.20. The zero-order valence-electron chi connectivity index (χ0n) is 24.8. The number of aliphatic carboxylic acids is 1. The molecule has 1 aliphatic carbocycles. The third-order valence-corrected chi connectivity index (χ3v) is 8.11. The third-order valence-electron chi connectivity index (χ3n) is 8.11. The molecule has 226 valence electrons. The van der Waals surface area contributed by atoms with Crippen LogP contribution in [0.1, 0.15) is 82.8 Å². The van der Waals surface area contributed by atoms with E-state index < -0.39 is 47.6 Å². The Morgan fingerprint density at radius 3 is 1.93 bits per heavy atom. The van der Waals surface area contributed by atoms with Crippen LogP contribution in [0.25, 0.3) is 0 Å². The lowest BCUT2D eigenvalue weighted by Crippen LogP contribution is -2.58. The van der Waals surface area contributed by atoms with Crippen LogP contribution in [-0.4, -0.2) is 64.2 Å². The zero-order valence-corrected chi connectivity index (χ0v) is 24.8. The van der Waals surface area contributed by atoms with Crippen LogP contribution in [0.15, 0.2) is 60.7 Å². The maximum absolute atomic E-state index is 14.0. The minimum absolute atomic E-state index is 0.0598. The van der Waals surface area contributed by atoms with Gasteiger partial charge in [0.05, 0.1) is 0 Å². The fourth-order valence-electron chi connectivity index (χ4n) is 6.20. The third kappa shape index (κ3) is 7.89. The molecule has 42 heavy (non-hydrogen) atoms. The van der Waals surface area contributed by atoms with E-state index in [1.54, 1.807) is 20.8 Å². The summed E-state index contributed by atoms with van der Waals surface area (Å²) in [5, 5.41) is 15.9. The largest absolute Gasteiger partial charge is 0.480 e. The molecule has 0 aromatic heterocycles. The summed E-state index contributed by atoms with van der Waals surface area (Å²) in [5.74, 6) is -2.69. The van der Waals surface area contributed by atoms with Gasteiger partial charge in [0, 0.05) is 12.5 Å². The molecule has 3 atom stereocenters. The summed E-state index contributed by atoms with van der Waals surface area (Å²) in [6, 6.07) is 15.6. The molecule has 0 bridgehead atoms. The Hall–Kier alpha value is -3.88. The molecule has 0 spiro atoms. The molecule has 3 unspecified atom stereocenters. The normalized spacial score (nSPS) is 19.1. The van der Waals surface area contributed by atoms with Crippen LogP contribution in [0.2, 0.25) is 0 Å². The van der Waals surface area contributed by atoms with Crippen LogP contribution >= 0.6 is 0 Å². The quantitative estimate of drug-likeness (QED) is 0.391. The number of rotatable bonds is 9. The van der Waals surface area contributed by atoms with Gasteiger partial charge in [0.1, 0.15) is 23.7 Å². The van der Waals surface area contributed by atoms with Crippen molar-refractivity contribution in [2.24, 2.45) is 5.92 Å². The van der Waals surface area contributed by atoms with Gasteiger partial charge in [-0.05, 0) is 63.5 Å². The Kier molecular flexibility index (Phi) is 10.2. The molecule has 0 radical (unpaired) electrons. The molecule has 3 N–H and O–H groups in total. The summed E-state index contributed by atoms with van der Waals surface area (Å²) >= 11 is 0. The number of carboxylic acid groups (broad SMARTS) is 1. The Morgan fingerprint density at radius 1 is 0.833 bits per heavy atom. The van der Waals surface area contributed by atoms with Gasteiger partial charge in [0.2, 0.25) is 11.8 Å². The van der Waals surface area contributed by atoms with E-state index in [1.165, 1.54) is 4.90 Å². The van der Waals surface area contributed by atoms with Gasteiger partial charge in [0.25, 0.3) is 0 Å². The Bertz CT molecular complexity index is 1180. The SMILES string of the molecule is CC(C)(C)OC(=O)NC(C(=O)N1CCCC1C(=O)NC(C(=O)O)C(c1ccccc1)c1ccccc1)C1CCCCC1. The van der Waals surface area contributed by atoms with E-state index in [9.17, 15) is 24.3 Å². The molecule has 1 aliphatic heterocycles. The number of amides is 3. The summed E-state index contributed by atoms with van der Waals surface area (Å²) in [5.41, 5.74) is 0.796. The second-order valence-corrected chi connectivity index (χ2v) is 12.3. The number of hydrogen-bond donors (Lipinski definition) is 3. The summed E-state index contributed by atoms with van der Waals surface area (Å²) in [4.78, 5) is 54.7. The van der Waals surface area contributed by atoms with Crippen molar-refractivity contribution in [3.8, 4) is 0 Å². The second kappa shape index (κ2) is 13.9. The monoisotopic (exact) mass is 577 g/mol. The Labute approximate surface area is 248 Å². The fraction of sp³-hybridized carbons (Fsp3) is 0.515. The molecule has 3 amide bonds. The van der Waals surface area contributed by atoms with Gasteiger partial charge < -0.3 is 25.4 Å². The summed E-state index contributed by atoms with van der Waals surface area (Å²) in [6.07, 6.45) is 4.97. The van der Waals surface area contributed by atoms with E-state index >= 15 is 0 Å². The van der Waals surface area contributed by atoms with Crippen LogP contribution in [0.3, 0.4) is 0 Å². The number of carbonyl (C=O) groups is 4. The van der Waals surface area contributed by atoms with Gasteiger partial charge in [-0.25, -0.2) is 9.59 Å². The Morgan fingerprint density at radius 2 is 1.40 bits per heavy atom. The number of hydrogen-bond acceptors (Lipinski definition) is 5. The first-order chi connectivity index (χ1) is 20.0. The maximum Gasteiger partial charge on any atom is 0.408 e.